The van der Waals surface area contributed by atoms with E-state index in [0.29, 0.717) is 10.2 Å². The number of aliphatic carboxylic acids is 1. The number of carbonyl (C=O) groups is 1. The van der Waals surface area contributed by atoms with Gasteiger partial charge >= 0.3 is 5.97 Å². The molecule has 0 saturated carbocycles. The molecule has 0 saturated heterocycles. The normalized spacial score (nSPS) is 14.2. The first-order chi connectivity index (χ1) is 7.41. The Balaban J connectivity index is 2.57. The molecular formula is C11H12BrFO3. The van der Waals surface area contributed by atoms with E-state index in [4.69, 9.17) is 9.84 Å². The van der Waals surface area contributed by atoms with Crippen LogP contribution in [-0.4, -0.2) is 23.4 Å². The molecule has 0 spiro atoms. The minimum atomic E-state index is -1.87. The van der Waals surface area contributed by atoms with Crippen molar-refractivity contribution in [2.24, 2.45) is 0 Å². The summed E-state index contributed by atoms with van der Waals surface area (Å²) in [7, 11) is 0. The van der Waals surface area contributed by atoms with Crippen molar-refractivity contribution in [1.29, 1.82) is 0 Å². The van der Waals surface area contributed by atoms with Gasteiger partial charge in [0.2, 0.25) is 0 Å². The van der Waals surface area contributed by atoms with Crippen LogP contribution >= 0.6 is 15.9 Å². The lowest BCUT2D eigenvalue weighted by atomic mass is 10.1. The number of carboxylic acids is 1. The van der Waals surface area contributed by atoms with Crippen LogP contribution in [0.4, 0.5) is 4.39 Å². The van der Waals surface area contributed by atoms with Crippen LogP contribution in [0.5, 0.6) is 5.75 Å². The highest BCUT2D eigenvalue weighted by molar-refractivity contribution is 9.10. The highest BCUT2D eigenvalue weighted by Gasteiger charge is 2.28. The molecule has 0 amide bonds. The van der Waals surface area contributed by atoms with Crippen LogP contribution in [0.3, 0.4) is 0 Å². The first-order valence-electron chi connectivity index (χ1n) is 4.69. The first kappa shape index (κ1) is 13.0. The molecule has 0 aliphatic carbocycles. The van der Waals surface area contributed by atoms with Gasteiger partial charge in [-0.05, 0) is 35.0 Å². The topological polar surface area (TPSA) is 46.5 Å². The Morgan fingerprint density at radius 3 is 2.75 bits per heavy atom. The molecule has 5 heteroatoms. The second-order valence-corrected chi connectivity index (χ2v) is 4.56. The van der Waals surface area contributed by atoms with E-state index < -0.39 is 18.1 Å². The number of halogens is 2. The number of rotatable bonds is 5. The van der Waals surface area contributed by atoms with E-state index in [1.807, 2.05) is 6.07 Å². The van der Waals surface area contributed by atoms with Crippen molar-refractivity contribution >= 4 is 21.9 Å². The summed E-state index contributed by atoms with van der Waals surface area (Å²) in [4.78, 5) is 10.4. The van der Waals surface area contributed by atoms with Crippen molar-refractivity contribution in [2.45, 2.75) is 19.0 Å². The molecule has 3 nitrogen and oxygen atoms in total. The van der Waals surface area contributed by atoms with Crippen LogP contribution in [0.2, 0.25) is 0 Å². The van der Waals surface area contributed by atoms with Gasteiger partial charge in [0.15, 0.2) is 5.67 Å². The van der Waals surface area contributed by atoms with Gasteiger partial charge < -0.3 is 9.84 Å². The summed E-state index contributed by atoms with van der Waals surface area (Å²) in [6, 6.07) is 7.01. The fourth-order valence-electron chi connectivity index (χ4n) is 1.16. The smallest absolute Gasteiger partial charge is 0.306 e. The van der Waals surface area contributed by atoms with Crippen LogP contribution in [-0.2, 0) is 4.79 Å². The van der Waals surface area contributed by atoms with E-state index in [0.717, 1.165) is 0 Å². The first-order valence-corrected chi connectivity index (χ1v) is 5.48. The summed E-state index contributed by atoms with van der Waals surface area (Å²) in [6.45, 7) is 0.917. The molecule has 0 aliphatic heterocycles. The van der Waals surface area contributed by atoms with Gasteiger partial charge in [-0.15, -0.1) is 0 Å². The molecule has 1 aromatic carbocycles. The third kappa shape index (κ3) is 4.18. The molecular weight excluding hydrogens is 279 g/mol. The van der Waals surface area contributed by atoms with Crippen LogP contribution in [0.15, 0.2) is 28.7 Å². The number of hydrogen-bond acceptors (Lipinski definition) is 2. The average molecular weight is 291 g/mol. The maximum absolute atomic E-state index is 13.6. The summed E-state index contributed by atoms with van der Waals surface area (Å²) in [5, 5.41) is 8.50. The molecule has 0 bridgehead atoms. The third-order valence-electron chi connectivity index (χ3n) is 1.89. The zero-order valence-electron chi connectivity index (χ0n) is 8.74. The van der Waals surface area contributed by atoms with E-state index >= 15 is 0 Å². The molecule has 1 aromatic rings. The van der Waals surface area contributed by atoms with E-state index in [-0.39, 0.29) is 6.61 Å². The average Bonchev–Trinajstić information content (AvgIpc) is 2.14. The van der Waals surface area contributed by atoms with Gasteiger partial charge in [-0.1, -0.05) is 12.1 Å². The summed E-state index contributed by atoms with van der Waals surface area (Å²) < 4.78 is 19.6. The number of carboxylic acid groups (broad SMARTS) is 1. The molecule has 0 radical (unpaired) electrons. The Morgan fingerprint density at radius 2 is 2.19 bits per heavy atom. The molecule has 0 aliphatic rings. The molecule has 1 atom stereocenters. The summed E-state index contributed by atoms with van der Waals surface area (Å²) in [6.07, 6.45) is -0.572. The van der Waals surface area contributed by atoms with Crippen molar-refractivity contribution < 1.29 is 19.0 Å². The second kappa shape index (κ2) is 5.30. The van der Waals surface area contributed by atoms with Crippen LogP contribution < -0.4 is 4.74 Å². The summed E-state index contributed by atoms with van der Waals surface area (Å²) >= 11 is 3.25. The van der Waals surface area contributed by atoms with E-state index in [2.05, 4.69) is 15.9 Å². The third-order valence-corrected chi connectivity index (χ3v) is 2.54. The summed E-state index contributed by atoms with van der Waals surface area (Å²) in [5.74, 6) is -0.683. The van der Waals surface area contributed by atoms with Gasteiger partial charge in [-0.3, -0.25) is 4.79 Å². The van der Waals surface area contributed by atoms with Crippen LogP contribution in [0, 0.1) is 0 Å². The predicted octanol–water partition coefficient (Wildman–Crippen LogP) is 3.03. The Kier molecular flexibility index (Phi) is 4.29. The van der Waals surface area contributed by atoms with E-state index in [1.165, 1.54) is 6.92 Å². The highest BCUT2D eigenvalue weighted by Crippen LogP contribution is 2.26. The fourth-order valence-corrected chi connectivity index (χ4v) is 1.56. The molecule has 88 valence electrons. The van der Waals surface area contributed by atoms with Crippen molar-refractivity contribution in [3.05, 3.63) is 28.7 Å². The van der Waals surface area contributed by atoms with E-state index in [1.54, 1.807) is 18.2 Å². The number of ether oxygens (including phenoxy) is 1. The zero-order valence-corrected chi connectivity index (χ0v) is 10.3. The van der Waals surface area contributed by atoms with Gasteiger partial charge in [0, 0.05) is 0 Å². The Bertz CT molecular complexity index is 379. The molecule has 0 heterocycles. The monoisotopic (exact) mass is 290 g/mol. The van der Waals surface area contributed by atoms with E-state index in [9.17, 15) is 9.18 Å². The van der Waals surface area contributed by atoms with Gasteiger partial charge in [-0.2, -0.15) is 0 Å². The maximum atomic E-state index is 13.6. The number of para-hydroxylation sites is 1. The molecule has 0 aromatic heterocycles. The van der Waals surface area contributed by atoms with Crippen LogP contribution in [0.1, 0.15) is 13.3 Å². The van der Waals surface area contributed by atoms with Gasteiger partial charge in [0.25, 0.3) is 0 Å². The molecule has 1 N–H and O–H groups in total. The Hall–Kier alpha value is -1.10. The summed E-state index contributed by atoms with van der Waals surface area (Å²) in [5.41, 5.74) is -1.87. The lowest BCUT2D eigenvalue weighted by molar-refractivity contribution is -0.140. The highest BCUT2D eigenvalue weighted by atomic mass is 79.9. The molecule has 16 heavy (non-hydrogen) atoms. The minimum Gasteiger partial charge on any atom is -0.489 e. The standard InChI is InChI=1S/C11H12BrFO3/c1-11(13,6-10(14)15)7-16-9-5-3-2-4-8(9)12/h2-5H,6-7H2,1H3,(H,14,15). The predicted molar refractivity (Wildman–Crippen MR) is 61.4 cm³/mol. The Morgan fingerprint density at radius 1 is 1.56 bits per heavy atom. The molecule has 1 unspecified atom stereocenters. The lowest BCUT2D eigenvalue weighted by Gasteiger charge is -2.19. The van der Waals surface area contributed by atoms with Crippen molar-refractivity contribution in [3.8, 4) is 5.75 Å². The number of benzene rings is 1. The lowest BCUT2D eigenvalue weighted by Crippen LogP contribution is -2.30. The molecule has 1 rings (SSSR count). The van der Waals surface area contributed by atoms with Crippen molar-refractivity contribution in [2.75, 3.05) is 6.61 Å². The fraction of sp³-hybridized carbons (Fsp3) is 0.364. The number of alkyl halides is 1. The van der Waals surface area contributed by atoms with Crippen molar-refractivity contribution in [3.63, 3.8) is 0 Å². The van der Waals surface area contributed by atoms with Gasteiger partial charge in [-0.25, -0.2) is 4.39 Å². The quantitative estimate of drug-likeness (QED) is 0.907. The zero-order chi connectivity index (χ0) is 12.2. The van der Waals surface area contributed by atoms with Crippen molar-refractivity contribution in [1.82, 2.24) is 0 Å². The molecule has 0 fully saturated rings. The maximum Gasteiger partial charge on any atom is 0.306 e. The van der Waals surface area contributed by atoms with Crippen LogP contribution in [0.25, 0.3) is 0 Å². The second-order valence-electron chi connectivity index (χ2n) is 3.70. The Labute approximate surface area is 101 Å². The van der Waals surface area contributed by atoms with Gasteiger partial charge in [0.05, 0.1) is 10.9 Å². The minimum absolute atomic E-state index is 0.290. The number of hydrogen-bond donors (Lipinski definition) is 1. The largest absolute Gasteiger partial charge is 0.489 e. The SMILES string of the molecule is CC(F)(COc1ccccc1Br)CC(=O)O. The van der Waals surface area contributed by atoms with Gasteiger partial charge in [0.1, 0.15) is 12.4 Å².